The average molecular weight is 403 g/mol. The Hall–Kier alpha value is -2.12. The molecule has 2 aromatic carbocycles. The first-order valence-corrected chi connectivity index (χ1v) is 9.04. The van der Waals surface area contributed by atoms with E-state index in [4.69, 9.17) is 0 Å². The molecule has 0 radical (unpaired) electrons. The average Bonchev–Trinajstić information content (AvgIpc) is 2.95. The summed E-state index contributed by atoms with van der Waals surface area (Å²) in [6, 6.07) is 17.3. The second-order valence-electron chi connectivity index (χ2n) is 5.07. The minimum absolute atomic E-state index is 0.0700. The molecule has 0 atom stereocenters. The summed E-state index contributed by atoms with van der Waals surface area (Å²) in [7, 11) is 1.90. The van der Waals surface area contributed by atoms with Crippen molar-refractivity contribution in [2.45, 2.75) is 5.16 Å². The fourth-order valence-corrected chi connectivity index (χ4v) is 3.11. The van der Waals surface area contributed by atoms with E-state index in [-0.39, 0.29) is 11.7 Å². The highest BCUT2D eigenvalue weighted by Crippen LogP contribution is 2.24. The van der Waals surface area contributed by atoms with Crippen LogP contribution in [0.25, 0.3) is 11.4 Å². The molecule has 24 heavy (non-hydrogen) atoms. The second-order valence-corrected chi connectivity index (χ2v) is 6.93. The summed E-state index contributed by atoms with van der Waals surface area (Å²) < 4.78 is 2.91. The van der Waals surface area contributed by atoms with Crippen molar-refractivity contribution in [2.75, 3.05) is 11.1 Å². The number of anilines is 1. The van der Waals surface area contributed by atoms with Gasteiger partial charge in [-0.15, -0.1) is 10.2 Å². The van der Waals surface area contributed by atoms with E-state index in [1.54, 1.807) is 0 Å². The fourth-order valence-electron chi connectivity index (χ4n) is 2.14. The summed E-state index contributed by atoms with van der Waals surface area (Å²) in [4.78, 5) is 12.0. The first-order valence-electron chi connectivity index (χ1n) is 7.26. The van der Waals surface area contributed by atoms with Gasteiger partial charge in [-0.25, -0.2) is 0 Å². The first kappa shape index (κ1) is 16.7. The summed E-state index contributed by atoms with van der Waals surface area (Å²) in [6.45, 7) is 0. The van der Waals surface area contributed by atoms with Crippen LogP contribution in [-0.4, -0.2) is 26.4 Å². The largest absolute Gasteiger partial charge is 0.325 e. The maximum Gasteiger partial charge on any atom is 0.234 e. The Bertz CT molecular complexity index is 834. The first-order chi connectivity index (χ1) is 11.6. The Kier molecular flexibility index (Phi) is 5.32. The second kappa shape index (κ2) is 7.63. The van der Waals surface area contributed by atoms with Gasteiger partial charge < -0.3 is 9.88 Å². The van der Waals surface area contributed by atoms with Crippen molar-refractivity contribution in [1.29, 1.82) is 0 Å². The number of para-hydroxylation sites is 1. The molecule has 0 aliphatic rings. The molecule has 1 N–H and O–H groups in total. The number of carbonyl (C=O) groups is 1. The van der Waals surface area contributed by atoms with Gasteiger partial charge in [0.25, 0.3) is 0 Å². The fraction of sp³-hybridized carbons (Fsp3) is 0.118. The van der Waals surface area contributed by atoms with Gasteiger partial charge >= 0.3 is 0 Å². The van der Waals surface area contributed by atoms with Gasteiger partial charge in [0, 0.05) is 22.8 Å². The summed E-state index contributed by atoms with van der Waals surface area (Å²) in [5, 5.41) is 12.0. The van der Waals surface area contributed by atoms with E-state index in [0.717, 1.165) is 21.5 Å². The molecule has 0 saturated carbocycles. The van der Waals surface area contributed by atoms with Gasteiger partial charge in [-0.1, -0.05) is 58.0 Å². The Balaban J connectivity index is 1.64. The Labute approximate surface area is 152 Å². The third-order valence-electron chi connectivity index (χ3n) is 3.33. The van der Waals surface area contributed by atoms with Gasteiger partial charge in [0.2, 0.25) is 5.91 Å². The van der Waals surface area contributed by atoms with Crippen molar-refractivity contribution in [2.24, 2.45) is 7.05 Å². The molecule has 3 rings (SSSR count). The highest BCUT2D eigenvalue weighted by atomic mass is 79.9. The third kappa shape index (κ3) is 4.04. The van der Waals surface area contributed by atoms with Gasteiger partial charge in [0.15, 0.2) is 11.0 Å². The number of aromatic nitrogens is 3. The molecule has 1 amide bonds. The highest BCUT2D eigenvalue weighted by molar-refractivity contribution is 9.10. The van der Waals surface area contributed by atoms with E-state index in [2.05, 4.69) is 31.4 Å². The zero-order valence-corrected chi connectivity index (χ0v) is 15.3. The number of halogens is 1. The lowest BCUT2D eigenvalue weighted by molar-refractivity contribution is -0.113. The summed E-state index contributed by atoms with van der Waals surface area (Å²) >= 11 is 4.78. The van der Waals surface area contributed by atoms with Crippen LogP contribution in [0.1, 0.15) is 0 Å². The maximum absolute atomic E-state index is 12.0. The Morgan fingerprint density at radius 3 is 2.54 bits per heavy atom. The number of nitrogens with one attached hydrogen (secondary N) is 1. The monoisotopic (exact) mass is 402 g/mol. The van der Waals surface area contributed by atoms with Crippen molar-refractivity contribution in [3.63, 3.8) is 0 Å². The molecule has 5 nitrogen and oxygen atoms in total. The molecule has 1 aromatic heterocycles. The SMILES string of the molecule is Cn1c(SCC(=O)Nc2ccccc2)nnc1-c1ccc(Br)cc1. The maximum atomic E-state index is 12.0. The molecule has 0 aliphatic heterocycles. The van der Waals surface area contributed by atoms with Crippen LogP contribution in [0, 0.1) is 0 Å². The van der Waals surface area contributed by atoms with Gasteiger partial charge in [-0.05, 0) is 24.3 Å². The minimum Gasteiger partial charge on any atom is -0.325 e. The summed E-state index contributed by atoms with van der Waals surface area (Å²) in [5.74, 6) is 0.981. The lowest BCUT2D eigenvalue weighted by Gasteiger charge is -2.05. The van der Waals surface area contributed by atoms with Crippen LogP contribution in [0.4, 0.5) is 5.69 Å². The van der Waals surface area contributed by atoms with Crippen LogP contribution in [0.2, 0.25) is 0 Å². The van der Waals surface area contributed by atoms with Crippen molar-refractivity contribution in [3.05, 3.63) is 59.1 Å². The lowest BCUT2D eigenvalue weighted by Crippen LogP contribution is -2.14. The molecular weight excluding hydrogens is 388 g/mol. The van der Waals surface area contributed by atoms with Crippen LogP contribution in [-0.2, 0) is 11.8 Å². The molecule has 0 aliphatic carbocycles. The number of benzene rings is 2. The van der Waals surface area contributed by atoms with Crippen LogP contribution in [0.15, 0.2) is 64.2 Å². The van der Waals surface area contributed by atoms with Crippen LogP contribution in [0.5, 0.6) is 0 Å². The van der Waals surface area contributed by atoms with Crippen molar-refractivity contribution in [1.82, 2.24) is 14.8 Å². The van der Waals surface area contributed by atoms with E-state index >= 15 is 0 Å². The van der Waals surface area contributed by atoms with E-state index < -0.39 is 0 Å². The molecule has 0 fully saturated rings. The molecule has 122 valence electrons. The molecule has 7 heteroatoms. The Morgan fingerprint density at radius 2 is 1.83 bits per heavy atom. The van der Waals surface area contributed by atoms with Crippen LogP contribution < -0.4 is 5.32 Å². The smallest absolute Gasteiger partial charge is 0.234 e. The van der Waals surface area contributed by atoms with Crippen LogP contribution >= 0.6 is 27.7 Å². The molecular formula is C17H15BrN4OS. The van der Waals surface area contributed by atoms with Gasteiger partial charge in [-0.3, -0.25) is 4.79 Å². The number of hydrogen-bond acceptors (Lipinski definition) is 4. The van der Waals surface area contributed by atoms with E-state index in [9.17, 15) is 4.79 Å². The van der Waals surface area contributed by atoms with Crippen molar-refractivity contribution in [3.8, 4) is 11.4 Å². The Morgan fingerprint density at radius 1 is 1.12 bits per heavy atom. The molecule has 0 unspecified atom stereocenters. The van der Waals surface area contributed by atoms with Crippen LogP contribution in [0.3, 0.4) is 0 Å². The number of rotatable bonds is 5. The van der Waals surface area contributed by atoms with E-state index in [1.165, 1.54) is 11.8 Å². The molecule has 3 aromatic rings. The zero-order valence-electron chi connectivity index (χ0n) is 12.9. The standard InChI is InChI=1S/C17H15BrN4OS/c1-22-16(12-7-9-13(18)10-8-12)20-21-17(22)24-11-15(23)19-14-5-3-2-4-6-14/h2-10H,11H2,1H3,(H,19,23). The number of hydrogen-bond donors (Lipinski definition) is 1. The quantitative estimate of drug-likeness (QED) is 0.655. The lowest BCUT2D eigenvalue weighted by atomic mass is 10.2. The van der Waals surface area contributed by atoms with Gasteiger partial charge in [0.1, 0.15) is 0 Å². The van der Waals surface area contributed by atoms with Gasteiger partial charge in [-0.2, -0.15) is 0 Å². The summed E-state index contributed by atoms with van der Waals surface area (Å²) in [5.41, 5.74) is 1.77. The molecule has 1 heterocycles. The van der Waals surface area contributed by atoms with Gasteiger partial charge in [0.05, 0.1) is 5.75 Å². The number of carbonyl (C=O) groups excluding carboxylic acids is 1. The van der Waals surface area contributed by atoms with E-state index in [0.29, 0.717) is 5.16 Å². The van der Waals surface area contributed by atoms with Crippen molar-refractivity contribution >= 4 is 39.3 Å². The zero-order chi connectivity index (χ0) is 16.9. The molecule has 0 saturated heterocycles. The third-order valence-corrected chi connectivity index (χ3v) is 4.88. The normalized spacial score (nSPS) is 10.6. The highest BCUT2D eigenvalue weighted by Gasteiger charge is 2.13. The molecule has 0 bridgehead atoms. The minimum atomic E-state index is -0.0700. The number of thioether (sulfide) groups is 1. The number of amides is 1. The topological polar surface area (TPSA) is 59.8 Å². The predicted molar refractivity (Wildman–Crippen MR) is 99.9 cm³/mol. The van der Waals surface area contributed by atoms with E-state index in [1.807, 2.05) is 66.2 Å². The molecule has 0 spiro atoms. The number of nitrogens with zero attached hydrogens (tertiary/aromatic N) is 3. The predicted octanol–water partition coefficient (Wildman–Crippen LogP) is 3.98. The van der Waals surface area contributed by atoms with Crippen molar-refractivity contribution < 1.29 is 4.79 Å². The summed E-state index contributed by atoms with van der Waals surface area (Å²) in [6.07, 6.45) is 0.